The minimum atomic E-state index is -0.442. The largest absolute Gasteiger partial charge is 0.495 e. The number of aryl methyl sites for hydroxylation is 1. The van der Waals surface area contributed by atoms with E-state index in [-0.39, 0.29) is 17.7 Å². The molecule has 6 heteroatoms. The molecule has 1 atom stereocenters. The maximum absolute atomic E-state index is 12.5. The number of amides is 2. The summed E-state index contributed by atoms with van der Waals surface area (Å²) >= 11 is 0. The zero-order valence-corrected chi connectivity index (χ0v) is 15.8. The SMILES string of the molecule is COc1ccc(C)cc1NC(=O)C(C)Nc1ccc(NC(=O)C2CC2)cc1. The molecule has 0 bridgehead atoms. The molecule has 0 heterocycles. The molecule has 3 rings (SSSR count). The monoisotopic (exact) mass is 367 g/mol. The van der Waals surface area contributed by atoms with Gasteiger partial charge in [-0.2, -0.15) is 0 Å². The third-order valence-electron chi connectivity index (χ3n) is 4.49. The molecule has 0 spiro atoms. The Balaban J connectivity index is 1.57. The number of carbonyl (C=O) groups excluding carboxylic acids is 2. The Labute approximate surface area is 159 Å². The topological polar surface area (TPSA) is 79.5 Å². The Morgan fingerprint density at radius 3 is 2.33 bits per heavy atom. The first-order chi connectivity index (χ1) is 13.0. The summed E-state index contributed by atoms with van der Waals surface area (Å²) in [5.74, 6) is 0.711. The van der Waals surface area contributed by atoms with E-state index in [1.54, 1.807) is 14.0 Å². The summed E-state index contributed by atoms with van der Waals surface area (Å²) in [5, 5.41) is 8.96. The van der Waals surface area contributed by atoms with E-state index >= 15 is 0 Å². The lowest BCUT2D eigenvalue weighted by Crippen LogP contribution is -2.32. The van der Waals surface area contributed by atoms with Crippen LogP contribution in [0.5, 0.6) is 5.75 Å². The maximum Gasteiger partial charge on any atom is 0.246 e. The van der Waals surface area contributed by atoms with E-state index in [2.05, 4.69) is 16.0 Å². The molecule has 0 saturated heterocycles. The van der Waals surface area contributed by atoms with Gasteiger partial charge >= 0.3 is 0 Å². The summed E-state index contributed by atoms with van der Waals surface area (Å²) in [6.45, 7) is 3.75. The lowest BCUT2D eigenvalue weighted by molar-refractivity contribution is -0.117. The van der Waals surface area contributed by atoms with Gasteiger partial charge in [-0.3, -0.25) is 9.59 Å². The molecule has 142 valence electrons. The number of benzene rings is 2. The van der Waals surface area contributed by atoms with Crippen LogP contribution in [0, 0.1) is 12.8 Å². The molecular weight excluding hydrogens is 342 g/mol. The first kappa shape index (κ1) is 18.8. The molecule has 2 aromatic rings. The van der Waals surface area contributed by atoms with Crippen molar-refractivity contribution in [1.29, 1.82) is 0 Å². The van der Waals surface area contributed by atoms with Crippen LogP contribution in [0.4, 0.5) is 17.1 Å². The Hall–Kier alpha value is -3.02. The lowest BCUT2D eigenvalue weighted by atomic mass is 10.2. The molecule has 1 fully saturated rings. The van der Waals surface area contributed by atoms with E-state index in [1.807, 2.05) is 49.4 Å². The van der Waals surface area contributed by atoms with Crippen LogP contribution in [-0.2, 0) is 9.59 Å². The van der Waals surface area contributed by atoms with E-state index in [9.17, 15) is 9.59 Å². The van der Waals surface area contributed by atoms with Crippen molar-refractivity contribution in [2.75, 3.05) is 23.1 Å². The van der Waals surface area contributed by atoms with Gasteiger partial charge < -0.3 is 20.7 Å². The molecule has 2 aromatic carbocycles. The lowest BCUT2D eigenvalue weighted by Gasteiger charge is -2.17. The quantitative estimate of drug-likeness (QED) is 0.696. The minimum absolute atomic E-state index is 0.0792. The summed E-state index contributed by atoms with van der Waals surface area (Å²) < 4.78 is 5.30. The molecule has 6 nitrogen and oxygen atoms in total. The molecule has 1 aliphatic rings. The molecule has 3 N–H and O–H groups in total. The fourth-order valence-electron chi connectivity index (χ4n) is 2.72. The Kier molecular flexibility index (Phi) is 5.64. The van der Waals surface area contributed by atoms with Gasteiger partial charge in [-0.15, -0.1) is 0 Å². The highest BCUT2D eigenvalue weighted by atomic mass is 16.5. The Bertz CT molecular complexity index is 829. The third-order valence-corrected chi connectivity index (χ3v) is 4.49. The van der Waals surface area contributed by atoms with Gasteiger partial charge in [0, 0.05) is 17.3 Å². The van der Waals surface area contributed by atoms with E-state index in [1.165, 1.54) is 0 Å². The van der Waals surface area contributed by atoms with Gasteiger partial charge in [-0.1, -0.05) is 6.07 Å². The summed E-state index contributed by atoms with van der Waals surface area (Å²) in [4.78, 5) is 24.3. The van der Waals surface area contributed by atoms with Gasteiger partial charge in [-0.05, 0) is 68.7 Å². The van der Waals surface area contributed by atoms with Gasteiger partial charge in [0.25, 0.3) is 0 Å². The Morgan fingerprint density at radius 2 is 1.70 bits per heavy atom. The van der Waals surface area contributed by atoms with Crippen LogP contribution in [0.25, 0.3) is 0 Å². The number of methoxy groups -OCH3 is 1. The standard InChI is InChI=1S/C21H25N3O3/c1-13-4-11-19(27-3)18(12-13)24-20(25)14(2)22-16-7-9-17(10-8-16)23-21(26)15-5-6-15/h4,7-12,14-15,22H,5-6H2,1-3H3,(H,23,26)(H,24,25). The van der Waals surface area contributed by atoms with Gasteiger partial charge in [0.1, 0.15) is 11.8 Å². The highest BCUT2D eigenvalue weighted by Gasteiger charge is 2.29. The zero-order chi connectivity index (χ0) is 19.4. The van der Waals surface area contributed by atoms with Crippen molar-refractivity contribution >= 4 is 28.9 Å². The minimum Gasteiger partial charge on any atom is -0.495 e. The number of carbonyl (C=O) groups is 2. The van der Waals surface area contributed by atoms with Crippen LogP contribution in [0.15, 0.2) is 42.5 Å². The molecule has 0 aromatic heterocycles. The van der Waals surface area contributed by atoms with Gasteiger partial charge in [-0.25, -0.2) is 0 Å². The van der Waals surface area contributed by atoms with Crippen molar-refractivity contribution < 1.29 is 14.3 Å². The average molecular weight is 367 g/mol. The number of rotatable bonds is 7. The Morgan fingerprint density at radius 1 is 1.04 bits per heavy atom. The number of hydrogen-bond donors (Lipinski definition) is 3. The fraction of sp³-hybridized carbons (Fsp3) is 0.333. The molecule has 2 amide bonds. The smallest absolute Gasteiger partial charge is 0.246 e. The normalized spacial score (nSPS) is 14.2. The van der Waals surface area contributed by atoms with Crippen molar-refractivity contribution in [3.8, 4) is 5.75 Å². The highest BCUT2D eigenvalue weighted by molar-refractivity contribution is 5.97. The molecule has 1 unspecified atom stereocenters. The van der Waals surface area contributed by atoms with Gasteiger partial charge in [0.2, 0.25) is 11.8 Å². The zero-order valence-electron chi connectivity index (χ0n) is 15.8. The highest BCUT2D eigenvalue weighted by Crippen LogP contribution is 2.30. The van der Waals surface area contributed by atoms with Crippen molar-refractivity contribution in [3.63, 3.8) is 0 Å². The number of hydrogen-bond acceptors (Lipinski definition) is 4. The van der Waals surface area contributed by atoms with E-state index in [0.29, 0.717) is 11.4 Å². The second kappa shape index (κ2) is 8.12. The van der Waals surface area contributed by atoms with Gasteiger partial charge in [0.15, 0.2) is 0 Å². The maximum atomic E-state index is 12.5. The second-order valence-electron chi connectivity index (χ2n) is 6.90. The number of ether oxygens (including phenoxy) is 1. The predicted molar refractivity (Wildman–Crippen MR) is 107 cm³/mol. The third kappa shape index (κ3) is 5.00. The molecule has 27 heavy (non-hydrogen) atoms. The number of anilines is 3. The van der Waals surface area contributed by atoms with Crippen LogP contribution >= 0.6 is 0 Å². The fourth-order valence-corrected chi connectivity index (χ4v) is 2.72. The number of nitrogens with one attached hydrogen (secondary N) is 3. The van der Waals surface area contributed by atoms with E-state index in [4.69, 9.17) is 4.74 Å². The van der Waals surface area contributed by atoms with Crippen molar-refractivity contribution in [2.24, 2.45) is 5.92 Å². The van der Waals surface area contributed by atoms with Crippen molar-refractivity contribution in [1.82, 2.24) is 0 Å². The summed E-state index contributed by atoms with van der Waals surface area (Å²) in [7, 11) is 1.57. The second-order valence-corrected chi connectivity index (χ2v) is 6.90. The van der Waals surface area contributed by atoms with E-state index < -0.39 is 6.04 Å². The first-order valence-electron chi connectivity index (χ1n) is 9.09. The first-order valence-corrected chi connectivity index (χ1v) is 9.09. The average Bonchev–Trinajstić information content (AvgIpc) is 3.49. The summed E-state index contributed by atoms with van der Waals surface area (Å²) in [5.41, 5.74) is 3.25. The summed E-state index contributed by atoms with van der Waals surface area (Å²) in [6.07, 6.45) is 1.95. The van der Waals surface area contributed by atoms with Crippen LogP contribution in [0.2, 0.25) is 0 Å². The summed E-state index contributed by atoms with van der Waals surface area (Å²) in [6, 6.07) is 12.5. The van der Waals surface area contributed by atoms with Crippen LogP contribution < -0.4 is 20.7 Å². The van der Waals surface area contributed by atoms with Crippen LogP contribution in [-0.4, -0.2) is 25.0 Å². The van der Waals surface area contributed by atoms with E-state index in [0.717, 1.165) is 29.8 Å². The van der Waals surface area contributed by atoms with Crippen molar-refractivity contribution in [3.05, 3.63) is 48.0 Å². The predicted octanol–water partition coefficient (Wildman–Crippen LogP) is 3.79. The molecule has 0 radical (unpaired) electrons. The molecule has 1 saturated carbocycles. The van der Waals surface area contributed by atoms with Gasteiger partial charge in [0.05, 0.1) is 12.8 Å². The molecule has 0 aliphatic heterocycles. The molecule has 1 aliphatic carbocycles. The van der Waals surface area contributed by atoms with Crippen LogP contribution in [0.3, 0.4) is 0 Å². The van der Waals surface area contributed by atoms with Crippen molar-refractivity contribution in [2.45, 2.75) is 32.7 Å². The van der Waals surface area contributed by atoms with Crippen LogP contribution in [0.1, 0.15) is 25.3 Å². The molecular formula is C21H25N3O3.